The van der Waals surface area contributed by atoms with Gasteiger partial charge >= 0.3 is 0 Å². The molecule has 0 fully saturated rings. The highest BCUT2D eigenvalue weighted by atomic mass is 28.4. The average molecular weight is 259 g/mol. The third-order valence-corrected chi connectivity index (χ3v) is 9.00. The van der Waals surface area contributed by atoms with Crippen LogP contribution in [0, 0.1) is 0 Å². The van der Waals surface area contributed by atoms with Crippen molar-refractivity contribution < 1.29 is 4.79 Å². The second-order valence-electron chi connectivity index (χ2n) is 6.11. The van der Waals surface area contributed by atoms with Crippen LogP contribution >= 0.6 is 0 Å². The summed E-state index contributed by atoms with van der Waals surface area (Å²) in [6.45, 7) is 17.3. The molecule has 0 radical (unpaired) electrons. The molecule has 0 aliphatic carbocycles. The van der Waals surface area contributed by atoms with Crippen molar-refractivity contribution in [2.24, 2.45) is 5.10 Å². The zero-order valence-corrected chi connectivity index (χ0v) is 14.0. The quantitative estimate of drug-likeness (QED) is 0.430. The van der Waals surface area contributed by atoms with E-state index in [1.165, 1.54) is 0 Å². The van der Waals surface area contributed by atoms with Crippen LogP contribution in [-0.4, -0.2) is 32.3 Å². The van der Waals surface area contributed by atoms with Crippen LogP contribution in [0.15, 0.2) is 5.10 Å². The number of Topliss-reactive ketones (excluding diaryl/α,β-unsaturated/α-hetero) is 1. The Kier molecular flexibility index (Phi) is 5.13. The van der Waals surface area contributed by atoms with E-state index in [1.54, 1.807) is 6.92 Å². The van der Waals surface area contributed by atoms with Crippen LogP contribution in [-0.2, 0) is 4.79 Å². The first-order chi connectivity index (χ1) is 7.00. The summed E-state index contributed by atoms with van der Waals surface area (Å²) in [5.74, 6) is 0.101. The van der Waals surface area contributed by atoms with Crippen molar-refractivity contribution in [2.45, 2.75) is 59.6 Å². The summed E-state index contributed by atoms with van der Waals surface area (Å²) >= 11 is 0. The molecular formula is C11H26N2OSi2. The fourth-order valence-electron chi connectivity index (χ4n) is 1.82. The molecule has 0 aromatic rings. The topological polar surface area (TPSA) is 32.7 Å². The Balaban J connectivity index is 5.32. The van der Waals surface area contributed by atoms with E-state index in [0.29, 0.717) is 5.71 Å². The Morgan fingerprint density at radius 2 is 1.44 bits per heavy atom. The van der Waals surface area contributed by atoms with Crippen molar-refractivity contribution in [1.82, 2.24) is 4.34 Å². The Morgan fingerprint density at radius 1 is 1.06 bits per heavy atom. The molecule has 0 saturated carbocycles. The van der Waals surface area contributed by atoms with Gasteiger partial charge in [-0.3, -0.25) is 4.79 Å². The molecule has 0 aromatic heterocycles. The smallest absolute Gasteiger partial charge is 0.175 e. The molecule has 0 amide bonds. The number of nitrogens with zero attached hydrogens (tertiary/aromatic N) is 2. The second kappa shape index (κ2) is 5.27. The maximum absolute atomic E-state index is 11.4. The molecule has 0 saturated heterocycles. The summed E-state index contributed by atoms with van der Waals surface area (Å²) in [6, 6.07) is 0. The van der Waals surface area contributed by atoms with Crippen molar-refractivity contribution in [3.8, 4) is 0 Å². The summed E-state index contributed by atoms with van der Waals surface area (Å²) in [6.07, 6.45) is 0.723. The van der Waals surface area contributed by atoms with E-state index in [2.05, 4.69) is 48.7 Å². The number of hydrazone groups is 1. The van der Waals surface area contributed by atoms with E-state index in [9.17, 15) is 4.79 Å². The summed E-state index contributed by atoms with van der Waals surface area (Å²) < 4.78 is 2.29. The third kappa shape index (κ3) is 4.61. The molecule has 0 N–H and O–H groups in total. The van der Waals surface area contributed by atoms with Gasteiger partial charge in [-0.25, -0.2) is 0 Å². The van der Waals surface area contributed by atoms with Crippen LogP contribution in [0.25, 0.3) is 0 Å². The van der Waals surface area contributed by atoms with Gasteiger partial charge in [-0.05, 0) is 6.42 Å². The van der Waals surface area contributed by atoms with E-state index in [4.69, 9.17) is 0 Å². The molecule has 5 heteroatoms. The summed E-state index contributed by atoms with van der Waals surface area (Å²) in [7, 11) is -2.98. The van der Waals surface area contributed by atoms with Gasteiger partial charge in [0.1, 0.15) is 5.71 Å². The average Bonchev–Trinajstić information content (AvgIpc) is 1.99. The van der Waals surface area contributed by atoms with Gasteiger partial charge in [0.25, 0.3) is 0 Å². The molecule has 0 atom stereocenters. The lowest BCUT2D eigenvalue weighted by atomic mass is 10.2. The minimum Gasteiger partial charge on any atom is -0.349 e. The summed E-state index contributed by atoms with van der Waals surface area (Å²) in [5, 5.41) is 4.66. The molecule has 0 rings (SSSR count). The van der Waals surface area contributed by atoms with Crippen LogP contribution in [0.5, 0.6) is 0 Å². The maximum Gasteiger partial charge on any atom is 0.175 e. The Labute approximate surface area is 102 Å². The first kappa shape index (κ1) is 15.6. The number of hydrogen-bond acceptors (Lipinski definition) is 3. The fraction of sp³-hybridized carbons (Fsp3) is 0.818. The summed E-state index contributed by atoms with van der Waals surface area (Å²) in [5.41, 5.74) is 0.713. The largest absolute Gasteiger partial charge is 0.349 e. The van der Waals surface area contributed by atoms with E-state index < -0.39 is 16.5 Å². The molecule has 0 aliphatic rings. The zero-order chi connectivity index (χ0) is 13.1. The van der Waals surface area contributed by atoms with Crippen molar-refractivity contribution in [3.63, 3.8) is 0 Å². The summed E-state index contributed by atoms with van der Waals surface area (Å²) in [4.78, 5) is 11.4. The van der Waals surface area contributed by atoms with Crippen LogP contribution in [0.2, 0.25) is 39.3 Å². The van der Waals surface area contributed by atoms with E-state index in [1.807, 2.05) is 6.92 Å². The monoisotopic (exact) mass is 258 g/mol. The van der Waals surface area contributed by atoms with Crippen LogP contribution in [0.3, 0.4) is 0 Å². The van der Waals surface area contributed by atoms with Crippen molar-refractivity contribution in [1.29, 1.82) is 0 Å². The maximum atomic E-state index is 11.4. The van der Waals surface area contributed by atoms with Gasteiger partial charge in [-0.15, -0.1) is 0 Å². The second-order valence-corrected chi connectivity index (χ2v) is 16.1. The molecule has 0 bridgehead atoms. The van der Waals surface area contributed by atoms with Crippen molar-refractivity contribution in [3.05, 3.63) is 0 Å². The highest BCUT2D eigenvalue weighted by Crippen LogP contribution is 2.20. The lowest BCUT2D eigenvalue weighted by Gasteiger charge is -2.41. The molecule has 0 aromatic carbocycles. The van der Waals surface area contributed by atoms with Gasteiger partial charge in [0.2, 0.25) is 0 Å². The third-order valence-electron chi connectivity index (χ3n) is 2.23. The molecule has 0 spiro atoms. The van der Waals surface area contributed by atoms with Crippen LogP contribution in [0.4, 0.5) is 0 Å². The molecule has 0 aliphatic heterocycles. The van der Waals surface area contributed by atoms with Crippen molar-refractivity contribution >= 4 is 28.0 Å². The molecular weight excluding hydrogens is 232 g/mol. The molecule has 0 unspecified atom stereocenters. The number of hydrogen-bond donors (Lipinski definition) is 0. The molecule has 3 nitrogen and oxygen atoms in total. The highest BCUT2D eigenvalue weighted by Gasteiger charge is 2.34. The Morgan fingerprint density at radius 3 is 1.62 bits per heavy atom. The normalized spacial score (nSPS) is 13.9. The molecule has 16 heavy (non-hydrogen) atoms. The number of ketones is 1. The first-order valence-electron chi connectivity index (χ1n) is 5.89. The van der Waals surface area contributed by atoms with Gasteiger partial charge in [0.05, 0.1) is 0 Å². The predicted molar refractivity (Wildman–Crippen MR) is 76.9 cm³/mol. The van der Waals surface area contributed by atoms with Gasteiger partial charge in [-0.2, -0.15) is 5.10 Å². The fourth-order valence-corrected chi connectivity index (χ4v) is 10.7. The van der Waals surface area contributed by atoms with Crippen LogP contribution in [0.1, 0.15) is 20.3 Å². The van der Waals surface area contributed by atoms with E-state index in [-0.39, 0.29) is 5.78 Å². The number of carbonyl (C=O) groups excluding carboxylic acids is 1. The van der Waals surface area contributed by atoms with Gasteiger partial charge in [0.15, 0.2) is 22.3 Å². The lowest BCUT2D eigenvalue weighted by molar-refractivity contribution is -0.111. The molecule has 94 valence electrons. The standard InChI is InChI=1S/C11H26N2OSi2/c1-9-11(10(2)14)12-13(15(3,4)5)16(6,7)8/h9H2,1-8H3. The number of carbonyl (C=O) groups is 1. The lowest BCUT2D eigenvalue weighted by Crippen LogP contribution is -2.56. The Hall–Kier alpha value is -0.426. The SMILES string of the molecule is CCC(=NN([Si](C)(C)C)[Si](C)(C)C)C(C)=O. The zero-order valence-electron chi connectivity index (χ0n) is 12.0. The van der Waals surface area contributed by atoms with Gasteiger partial charge < -0.3 is 4.34 Å². The van der Waals surface area contributed by atoms with E-state index in [0.717, 1.165) is 6.42 Å². The Bertz CT molecular complexity index is 273. The van der Waals surface area contributed by atoms with E-state index >= 15 is 0 Å². The molecule has 0 heterocycles. The van der Waals surface area contributed by atoms with Crippen LogP contribution < -0.4 is 0 Å². The first-order valence-corrected chi connectivity index (χ1v) is 12.8. The minimum atomic E-state index is -1.49. The minimum absolute atomic E-state index is 0.101. The highest BCUT2D eigenvalue weighted by molar-refractivity contribution is 6.89. The number of rotatable bonds is 5. The predicted octanol–water partition coefficient (Wildman–Crippen LogP) is 3.31. The van der Waals surface area contributed by atoms with Gasteiger partial charge in [-0.1, -0.05) is 46.2 Å². The van der Waals surface area contributed by atoms with Gasteiger partial charge in [0, 0.05) is 6.92 Å². The van der Waals surface area contributed by atoms with Crippen molar-refractivity contribution in [2.75, 3.05) is 0 Å².